The van der Waals surface area contributed by atoms with Crippen LogP contribution < -0.4 is 0 Å². The van der Waals surface area contributed by atoms with Crippen molar-refractivity contribution in [2.45, 2.75) is 45.6 Å². The van der Waals surface area contributed by atoms with Gasteiger partial charge >= 0.3 is 0 Å². The highest BCUT2D eigenvalue weighted by Gasteiger charge is 2.23. The number of fused-ring (bicyclic) bond motifs is 1. The molecule has 0 radical (unpaired) electrons. The van der Waals surface area contributed by atoms with Crippen LogP contribution in [0.5, 0.6) is 0 Å². The molecule has 3 rings (SSSR count). The summed E-state index contributed by atoms with van der Waals surface area (Å²) in [5.41, 5.74) is 2.19. The summed E-state index contributed by atoms with van der Waals surface area (Å²) in [6, 6.07) is 6.83. The molecule has 3 heterocycles. The minimum absolute atomic E-state index is 0.630. The number of aryl methyl sites for hydroxylation is 1. The van der Waals surface area contributed by atoms with E-state index in [4.69, 9.17) is 0 Å². The number of piperidine rings is 1. The third-order valence-corrected chi connectivity index (χ3v) is 4.26. The third-order valence-electron chi connectivity index (χ3n) is 4.26. The zero-order chi connectivity index (χ0) is 13.2. The second-order valence-electron chi connectivity index (χ2n) is 5.46. The summed E-state index contributed by atoms with van der Waals surface area (Å²) in [4.78, 5) is 2.59. The monoisotopic (exact) mass is 258 g/mol. The van der Waals surface area contributed by atoms with Crippen molar-refractivity contribution < 1.29 is 0 Å². The van der Waals surface area contributed by atoms with Crippen LogP contribution in [0.2, 0.25) is 0 Å². The molecule has 0 N–H and O–H groups in total. The minimum atomic E-state index is 0.630. The van der Waals surface area contributed by atoms with Crippen molar-refractivity contribution in [1.82, 2.24) is 19.5 Å². The molecule has 19 heavy (non-hydrogen) atoms. The summed E-state index contributed by atoms with van der Waals surface area (Å²) in [5.74, 6) is 1.11. The Morgan fingerprint density at radius 3 is 3.00 bits per heavy atom. The predicted octanol–water partition coefficient (Wildman–Crippen LogP) is 2.45. The van der Waals surface area contributed by atoms with Crippen LogP contribution in [0.15, 0.2) is 18.2 Å². The predicted molar refractivity (Wildman–Crippen MR) is 76.3 cm³/mol. The Morgan fingerprint density at radius 1 is 1.26 bits per heavy atom. The molecule has 1 atom stereocenters. The van der Waals surface area contributed by atoms with E-state index in [2.05, 4.69) is 39.4 Å². The molecular weight excluding hydrogens is 236 g/mol. The van der Waals surface area contributed by atoms with E-state index in [0.29, 0.717) is 6.04 Å². The first-order chi connectivity index (χ1) is 9.29. The molecule has 4 heteroatoms. The van der Waals surface area contributed by atoms with Crippen molar-refractivity contribution in [3.8, 4) is 0 Å². The molecule has 0 aliphatic carbocycles. The number of likely N-dealkylation sites (tertiary alicyclic amines) is 1. The first-order valence-electron chi connectivity index (χ1n) is 7.33. The number of aromatic nitrogens is 3. The van der Waals surface area contributed by atoms with Gasteiger partial charge in [0.1, 0.15) is 5.82 Å². The van der Waals surface area contributed by atoms with E-state index in [9.17, 15) is 0 Å². The molecule has 0 bridgehead atoms. The topological polar surface area (TPSA) is 33.4 Å². The number of hydrogen-bond donors (Lipinski definition) is 0. The highest BCUT2D eigenvalue weighted by atomic mass is 15.3. The molecule has 0 amide bonds. The average molecular weight is 258 g/mol. The number of likely N-dealkylation sites (N-methyl/N-ethyl adjacent to an activating group) is 1. The molecule has 1 unspecified atom stereocenters. The Labute approximate surface area is 114 Å². The van der Waals surface area contributed by atoms with Gasteiger partial charge in [0, 0.05) is 18.2 Å². The van der Waals surface area contributed by atoms with Crippen LogP contribution in [-0.2, 0) is 6.42 Å². The first-order valence-corrected chi connectivity index (χ1v) is 7.33. The van der Waals surface area contributed by atoms with Crippen molar-refractivity contribution >= 4 is 5.65 Å². The van der Waals surface area contributed by atoms with Gasteiger partial charge in [0.25, 0.3) is 0 Å². The highest BCUT2D eigenvalue weighted by Crippen LogP contribution is 2.20. The van der Waals surface area contributed by atoms with Crippen molar-refractivity contribution in [2.75, 3.05) is 13.1 Å². The summed E-state index contributed by atoms with van der Waals surface area (Å²) < 4.78 is 2.20. The zero-order valence-electron chi connectivity index (χ0n) is 11.8. The van der Waals surface area contributed by atoms with Gasteiger partial charge in [-0.15, -0.1) is 10.2 Å². The van der Waals surface area contributed by atoms with Crippen molar-refractivity contribution in [3.63, 3.8) is 0 Å². The van der Waals surface area contributed by atoms with E-state index < -0.39 is 0 Å². The molecular formula is C15H22N4. The van der Waals surface area contributed by atoms with Crippen LogP contribution in [-0.4, -0.2) is 38.6 Å². The van der Waals surface area contributed by atoms with E-state index in [-0.39, 0.29) is 0 Å². The molecule has 1 fully saturated rings. The summed E-state index contributed by atoms with van der Waals surface area (Å²) in [7, 11) is 0. The Bertz CT molecular complexity index is 560. The fraction of sp³-hybridized carbons (Fsp3) is 0.600. The Morgan fingerprint density at radius 2 is 2.16 bits per heavy atom. The van der Waals surface area contributed by atoms with Gasteiger partial charge in [-0.2, -0.15) is 0 Å². The molecule has 4 nitrogen and oxygen atoms in total. The fourth-order valence-corrected chi connectivity index (χ4v) is 3.22. The molecule has 2 aromatic rings. The second-order valence-corrected chi connectivity index (χ2v) is 5.46. The summed E-state index contributed by atoms with van der Waals surface area (Å²) in [6.45, 7) is 6.75. The van der Waals surface area contributed by atoms with Gasteiger partial charge in [0.05, 0.1) is 0 Å². The van der Waals surface area contributed by atoms with Crippen LogP contribution in [0.1, 0.15) is 37.7 Å². The number of rotatable bonds is 3. The lowest BCUT2D eigenvalue weighted by atomic mass is 9.99. The Kier molecular flexibility index (Phi) is 3.51. The SMILES string of the molecule is CCN1CCCCC1Cc1nnc2cccc(C)n12. The van der Waals surface area contributed by atoms with Gasteiger partial charge in [-0.25, -0.2) is 0 Å². The average Bonchev–Trinajstić information content (AvgIpc) is 2.84. The molecule has 0 spiro atoms. The largest absolute Gasteiger partial charge is 0.300 e. The Balaban J connectivity index is 1.88. The lowest BCUT2D eigenvalue weighted by Crippen LogP contribution is -2.40. The normalized spacial score (nSPS) is 21.1. The quantitative estimate of drug-likeness (QED) is 0.848. The molecule has 1 aliphatic heterocycles. The maximum Gasteiger partial charge on any atom is 0.160 e. The summed E-state index contributed by atoms with van der Waals surface area (Å²) in [5, 5.41) is 8.70. The molecule has 102 valence electrons. The maximum atomic E-state index is 4.41. The molecule has 1 saturated heterocycles. The van der Waals surface area contributed by atoms with Crippen LogP contribution in [0, 0.1) is 6.92 Å². The van der Waals surface area contributed by atoms with E-state index in [0.717, 1.165) is 24.4 Å². The summed E-state index contributed by atoms with van der Waals surface area (Å²) >= 11 is 0. The standard InChI is InChI=1S/C15H22N4/c1-3-18-10-5-4-8-13(18)11-15-17-16-14-9-6-7-12(2)19(14)15/h6-7,9,13H,3-5,8,10-11H2,1-2H3. The van der Waals surface area contributed by atoms with Crippen LogP contribution >= 0.6 is 0 Å². The van der Waals surface area contributed by atoms with Gasteiger partial charge < -0.3 is 4.90 Å². The lowest BCUT2D eigenvalue weighted by Gasteiger charge is -2.34. The smallest absolute Gasteiger partial charge is 0.160 e. The van der Waals surface area contributed by atoms with Crippen LogP contribution in [0.25, 0.3) is 5.65 Å². The van der Waals surface area contributed by atoms with E-state index >= 15 is 0 Å². The fourth-order valence-electron chi connectivity index (χ4n) is 3.22. The van der Waals surface area contributed by atoms with Gasteiger partial charge in [-0.3, -0.25) is 4.40 Å². The maximum absolute atomic E-state index is 4.41. The van der Waals surface area contributed by atoms with Gasteiger partial charge in [0.15, 0.2) is 5.65 Å². The first kappa shape index (κ1) is 12.6. The second kappa shape index (κ2) is 5.29. The van der Waals surface area contributed by atoms with Gasteiger partial charge in [-0.05, 0) is 45.0 Å². The van der Waals surface area contributed by atoms with Crippen LogP contribution in [0.4, 0.5) is 0 Å². The lowest BCUT2D eigenvalue weighted by molar-refractivity contribution is 0.153. The van der Waals surface area contributed by atoms with Gasteiger partial charge in [-0.1, -0.05) is 19.4 Å². The zero-order valence-corrected chi connectivity index (χ0v) is 11.8. The van der Waals surface area contributed by atoms with E-state index in [1.54, 1.807) is 0 Å². The van der Waals surface area contributed by atoms with Crippen molar-refractivity contribution in [2.24, 2.45) is 0 Å². The molecule has 0 saturated carbocycles. The minimum Gasteiger partial charge on any atom is -0.300 e. The number of pyridine rings is 1. The number of nitrogens with zero attached hydrogens (tertiary/aromatic N) is 4. The van der Waals surface area contributed by atoms with E-state index in [1.807, 2.05) is 12.1 Å². The van der Waals surface area contributed by atoms with Crippen LogP contribution in [0.3, 0.4) is 0 Å². The van der Waals surface area contributed by atoms with Crippen molar-refractivity contribution in [3.05, 3.63) is 29.7 Å². The van der Waals surface area contributed by atoms with Crippen molar-refractivity contribution in [1.29, 1.82) is 0 Å². The highest BCUT2D eigenvalue weighted by molar-refractivity contribution is 5.39. The molecule has 1 aliphatic rings. The van der Waals surface area contributed by atoms with Gasteiger partial charge in [0.2, 0.25) is 0 Å². The third kappa shape index (κ3) is 2.37. The summed E-state index contributed by atoms with van der Waals surface area (Å²) in [6.07, 6.45) is 4.98. The van der Waals surface area contributed by atoms with E-state index in [1.165, 1.54) is 31.5 Å². The molecule has 2 aromatic heterocycles. The molecule has 0 aromatic carbocycles. The number of hydrogen-bond acceptors (Lipinski definition) is 3. The Hall–Kier alpha value is -1.42.